The molecule has 0 saturated carbocycles. The molecule has 0 unspecified atom stereocenters. The van der Waals surface area contributed by atoms with Gasteiger partial charge in [-0.25, -0.2) is 14.5 Å². The molecule has 0 aliphatic carbocycles. The third kappa shape index (κ3) is 1.86. The van der Waals surface area contributed by atoms with Crippen LogP contribution in [0.25, 0.3) is 5.82 Å². The fourth-order valence-corrected chi connectivity index (χ4v) is 1.40. The van der Waals surface area contributed by atoms with E-state index in [4.69, 9.17) is 16.6 Å². The third-order valence-corrected chi connectivity index (χ3v) is 2.28. The summed E-state index contributed by atoms with van der Waals surface area (Å²) in [5, 5.41) is 12.8. The van der Waals surface area contributed by atoms with Crippen molar-refractivity contribution in [1.82, 2.24) is 14.8 Å². The highest BCUT2D eigenvalue weighted by Gasteiger charge is 2.15. The molecule has 2 aromatic heterocycles. The predicted octanol–water partition coefficient (Wildman–Crippen LogP) is -0.353. The van der Waals surface area contributed by atoms with E-state index >= 15 is 0 Å². The van der Waals surface area contributed by atoms with E-state index in [0.29, 0.717) is 0 Å². The number of anilines is 1. The van der Waals surface area contributed by atoms with Gasteiger partial charge in [0.15, 0.2) is 5.82 Å². The molecule has 92 valence electrons. The van der Waals surface area contributed by atoms with Gasteiger partial charge in [-0.05, 0) is 6.07 Å². The SMILES string of the molecule is NC(=O)c1cnn(-c2nccc(C(=O)O)c2N)c1. The van der Waals surface area contributed by atoms with Crippen molar-refractivity contribution in [2.75, 3.05) is 5.73 Å². The van der Waals surface area contributed by atoms with Gasteiger partial charge in [0.1, 0.15) is 0 Å². The molecule has 18 heavy (non-hydrogen) atoms. The molecule has 1 amide bonds. The van der Waals surface area contributed by atoms with Crippen LogP contribution < -0.4 is 11.5 Å². The van der Waals surface area contributed by atoms with Crippen LogP contribution in [0.15, 0.2) is 24.7 Å². The van der Waals surface area contributed by atoms with Crippen LogP contribution >= 0.6 is 0 Å². The van der Waals surface area contributed by atoms with Gasteiger partial charge in [0, 0.05) is 12.4 Å². The van der Waals surface area contributed by atoms with Gasteiger partial charge in [0.25, 0.3) is 5.91 Å². The molecule has 2 heterocycles. The van der Waals surface area contributed by atoms with Crippen molar-refractivity contribution >= 4 is 17.6 Å². The molecule has 0 atom stereocenters. The normalized spacial score (nSPS) is 10.2. The Kier molecular flexibility index (Phi) is 2.68. The minimum atomic E-state index is -1.17. The first kappa shape index (κ1) is 11.6. The Hall–Kier alpha value is -2.90. The fourth-order valence-electron chi connectivity index (χ4n) is 1.40. The number of nitrogens with two attached hydrogens (primary N) is 2. The summed E-state index contributed by atoms with van der Waals surface area (Å²) in [6, 6.07) is 1.28. The quantitative estimate of drug-likeness (QED) is 0.677. The van der Waals surface area contributed by atoms with Gasteiger partial charge in [-0.15, -0.1) is 0 Å². The van der Waals surface area contributed by atoms with Crippen molar-refractivity contribution in [2.45, 2.75) is 0 Å². The summed E-state index contributed by atoms with van der Waals surface area (Å²) in [4.78, 5) is 25.8. The van der Waals surface area contributed by atoms with Crippen LogP contribution in [-0.4, -0.2) is 31.7 Å². The van der Waals surface area contributed by atoms with Crippen molar-refractivity contribution in [1.29, 1.82) is 0 Å². The zero-order chi connectivity index (χ0) is 13.3. The fraction of sp³-hybridized carbons (Fsp3) is 0. The zero-order valence-corrected chi connectivity index (χ0v) is 9.07. The van der Waals surface area contributed by atoms with E-state index in [1.165, 1.54) is 29.3 Å². The molecule has 2 rings (SSSR count). The molecule has 2 aromatic rings. The summed E-state index contributed by atoms with van der Waals surface area (Å²) in [7, 11) is 0. The molecule has 8 heteroatoms. The Balaban J connectivity index is 2.53. The number of pyridine rings is 1. The number of carboxylic acid groups (broad SMARTS) is 1. The van der Waals surface area contributed by atoms with Crippen LogP contribution in [0.5, 0.6) is 0 Å². The molecule has 0 aromatic carbocycles. The number of hydrogen-bond donors (Lipinski definition) is 3. The number of rotatable bonds is 3. The van der Waals surface area contributed by atoms with Crippen molar-refractivity contribution in [3.63, 3.8) is 0 Å². The monoisotopic (exact) mass is 247 g/mol. The smallest absolute Gasteiger partial charge is 0.337 e. The number of aromatic carboxylic acids is 1. The second-order valence-electron chi connectivity index (χ2n) is 3.44. The molecule has 0 fully saturated rings. The average Bonchev–Trinajstić information content (AvgIpc) is 2.78. The lowest BCUT2D eigenvalue weighted by Crippen LogP contribution is -2.11. The summed E-state index contributed by atoms with van der Waals surface area (Å²) in [5.41, 5.74) is 10.8. The van der Waals surface area contributed by atoms with Crippen LogP contribution in [-0.2, 0) is 0 Å². The van der Waals surface area contributed by atoms with Crippen LogP contribution in [0.4, 0.5) is 5.69 Å². The maximum atomic E-state index is 10.9. The van der Waals surface area contributed by atoms with E-state index in [2.05, 4.69) is 10.1 Å². The standard InChI is InChI=1S/C10H9N5O3/c11-7-6(10(17)18)1-2-13-9(7)15-4-5(3-14-15)8(12)16/h1-4H,11H2,(H2,12,16)(H,17,18). The summed E-state index contributed by atoms with van der Waals surface area (Å²) in [5.74, 6) is -1.69. The molecule has 8 nitrogen and oxygen atoms in total. The molecule has 0 aliphatic rings. The van der Waals surface area contributed by atoms with Gasteiger partial charge in [-0.3, -0.25) is 4.79 Å². The van der Waals surface area contributed by atoms with Crippen molar-refractivity contribution in [2.24, 2.45) is 5.73 Å². The first-order chi connectivity index (χ1) is 8.50. The van der Waals surface area contributed by atoms with E-state index in [1.54, 1.807) is 0 Å². The molecule has 5 N–H and O–H groups in total. The topological polar surface area (TPSA) is 137 Å². The molecular formula is C10H9N5O3. The van der Waals surface area contributed by atoms with Gasteiger partial charge >= 0.3 is 5.97 Å². The number of amides is 1. The van der Waals surface area contributed by atoms with Gasteiger partial charge in [-0.2, -0.15) is 5.10 Å². The lowest BCUT2D eigenvalue weighted by molar-refractivity contribution is 0.0697. The number of nitrogens with zero attached hydrogens (tertiary/aromatic N) is 3. The van der Waals surface area contributed by atoms with Gasteiger partial charge < -0.3 is 16.6 Å². The number of carbonyl (C=O) groups is 2. The average molecular weight is 247 g/mol. The minimum Gasteiger partial charge on any atom is -0.478 e. The van der Waals surface area contributed by atoms with Crippen LogP contribution in [0.2, 0.25) is 0 Å². The van der Waals surface area contributed by atoms with Crippen LogP contribution in [0, 0.1) is 0 Å². The number of primary amides is 1. The maximum Gasteiger partial charge on any atom is 0.337 e. The number of hydrogen-bond acceptors (Lipinski definition) is 5. The number of carboxylic acids is 1. The van der Waals surface area contributed by atoms with Gasteiger partial charge in [-0.1, -0.05) is 0 Å². The lowest BCUT2D eigenvalue weighted by atomic mass is 10.2. The van der Waals surface area contributed by atoms with Gasteiger partial charge in [0.2, 0.25) is 0 Å². The Bertz CT molecular complexity index is 634. The highest BCUT2D eigenvalue weighted by Crippen LogP contribution is 2.18. The highest BCUT2D eigenvalue weighted by molar-refractivity contribution is 5.95. The Morgan fingerprint density at radius 2 is 2.11 bits per heavy atom. The second-order valence-corrected chi connectivity index (χ2v) is 3.44. The Morgan fingerprint density at radius 3 is 2.67 bits per heavy atom. The van der Waals surface area contributed by atoms with E-state index in [-0.39, 0.29) is 22.6 Å². The Labute approximate surface area is 101 Å². The lowest BCUT2D eigenvalue weighted by Gasteiger charge is -2.06. The summed E-state index contributed by atoms with van der Waals surface area (Å²) < 4.78 is 1.20. The molecular weight excluding hydrogens is 238 g/mol. The number of carbonyl (C=O) groups excluding carboxylic acids is 1. The minimum absolute atomic E-state index is 0.0379. The van der Waals surface area contributed by atoms with E-state index < -0.39 is 11.9 Å². The maximum absolute atomic E-state index is 10.9. The highest BCUT2D eigenvalue weighted by atomic mass is 16.4. The van der Waals surface area contributed by atoms with Crippen molar-refractivity contribution in [3.8, 4) is 5.82 Å². The molecule has 0 radical (unpaired) electrons. The molecule has 0 aliphatic heterocycles. The Morgan fingerprint density at radius 1 is 1.39 bits per heavy atom. The van der Waals surface area contributed by atoms with E-state index in [9.17, 15) is 9.59 Å². The van der Waals surface area contributed by atoms with Crippen LogP contribution in [0.3, 0.4) is 0 Å². The zero-order valence-electron chi connectivity index (χ0n) is 9.07. The summed E-state index contributed by atoms with van der Waals surface area (Å²) >= 11 is 0. The number of aromatic nitrogens is 3. The third-order valence-electron chi connectivity index (χ3n) is 2.28. The molecule has 0 spiro atoms. The van der Waals surface area contributed by atoms with Crippen molar-refractivity contribution < 1.29 is 14.7 Å². The molecule has 0 saturated heterocycles. The second kappa shape index (κ2) is 4.17. The van der Waals surface area contributed by atoms with Gasteiger partial charge in [0.05, 0.1) is 23.0 Å². The van der Waals surface area contributed by atoms with E-state index in [0.717, 1.165) is 0 Å². The van der Waals surface area contributed by atoms with E-state index in [1.807, 2.05) is 0 Å². The first-order valence-corrected chi connectivity index (χ1v) is 4.83. The first-order valence-electron chi connectivity index (χ1n) is 4.83. The molecule has 0 bridgehead atoms. The predicted molar refractivity (Wildman–Crippen MR) is 61.2 cm³/mol. The number of nitrogen functional groups attached to an aromatic ring is 1. The summed E-state index contributed by atoms with van der Waals surface area (Å²) in [6.45, 7) is 0. The van der Waals surface area contributed by atoms with Crippen LogP contribution in [0.1, 0.15) is 20.7 Å². The summed E-state index contributed by atoms with van der Waals surface area (Å²) in [6.07, 6.45) is 3.87. The largest absolute Gasteiger partial charge is 0.478 e. The van der Waals surface area contributed by atoms with Crippen molar-refractivity contribution in [3.05, 3.63) is 35.8 Å².